The Balaban J connectivity index is 1.30. The molecule has 0 bridgehead atoms. The van der Waals surface area contributed by atoms with Crippen LogP contribution < -0.4 is 10.6 Å². The van der Waals surface area contributed by atoms with E-state index < -0.39 is 5.25 Å². The molecule has 1 unspecified atom stereocenters. The SMILES string of the molecule is O=C(Cc1ccccc1)Nc1cccc(SC(C(=O)Nc2nc(-c3ccccc3)cs2)c2ccccc2)c1. The van der Waals surface area contributed by atoms with Crippen molar-refractivity contribution >= 4 is 45.7 Å². The van der Waals surface area contributed by atoms with Gasteiger partial charge in [0.05, 0.1) is 12.1 Å². The largest absolute Gasteiger partial charge is 0.326 e. The smallest absolute Gasteiger partial charge is 0.244 e. The third kappa shape index (κ3) is 6.76. The van der Waals surface area contributed by atoms with Crippen LogP contribution in [-0.4, -0.2) is 16.8 Å². The van der Waals surface area contributed by atoms with Crippen LogP contribution in [0, 0.1) is 0 Å². The highest BCUT2D eigenvalue weighted by molar-refractivity contribution is 8.00. The highest BCUT2D eigenvalue weighted by atomic mass is 32.2. The number of hydrogen-bond acceptors (Lipinski definition) is 5. The lowest BCUT2D eigenvalue weighted by molar-refractivity contribution is -0.116. The first kappa shape index (κ1) is 25.4. The van der Waals surface area contributed by atoms with E-state index >= 15 is 0 Å². The lowest BCUT2D eigenvalue weighted by atomic mass is 10.1. The number of thiazole rings is 1. The molecule has 2 amide bonds. The fraction of sp³-hybridized carbons (Fsp3) is 0.0645. The second-order valence-corrected chi connectivity index (χ2v) is 10.6. The second kappa shape index (κ2) is 12.4. The van der Waals surface area contributed by atoms with E-state index in [4.69, 9.17) is 0 Å². The fourth-order valence-corrected chi connectivity index (χ4v) is 5.72. The number of rotatable bonds is 9. The maximum absolute atomic E-state index is 13.5. The van der Waals surface area contributed by atoms with Gasteiger partial charge >= 0.3 is 0 Å². The summed E-state index contributed by atoms with van der Waals surface area (Å²) in [5.41, 5.74) is 4.36. The van der Waals surface area contributed by atoms with Gasteiger partial charge in [0.15, 0.2) is 5.13 Å². The second-order valence-electron chi connectivity index (χ2n) is 8.54. The number of aromatic nitrogens is 1. The summed E-state index contributed by atoms with van der Waals surface area (Å²) < 4.78 is 0. The van der Waals surface area contributed by atoms with Crippen molar-refractivity contribution in [2.24, 2.45) is 0 Å². The fourth-order valence-electron chi connectivity index (χ4n) is 3.91. The molecule has 0 radical (unpaired) electrons. The van der Waals surface area contributed by atoms with Crippen molar-refractivity contribution in [3.05, 3.63) is 132 Å². The molecule has 5 nitrogen and oxygen atoms in total. The van der Waals surface area contributed by atoms with E-state index in [1.165, 1.54) is 23.1 Å². The van der Waals surface area contributed by atoms with Gasteiger partial charge in [0.2, 0.25) is 11.8 Å². The zero-order chi connectivity index (χ0) is 26.2. The van der Waals surface area contributed by atoms with Crippen LogP contribution in [0.4, 0.5) is 10.8 Å². The number of hydrogen-bond donors (Lipinski definition) is 2. The monoisotopic (exact) mass is 535 g/mol. The summed E-state index contributed by atoms with van der Waals surface area (Å²) in [6, 6.07) is 36.8. The van der Waals surface area contributed by atoms with E-state index in [-0.39, 0.29) is 11.8 Å². The predicted molar refractivity (Wildman–Crippen MR) is 156 cm³/mol. The molecule has 7 heteroatoms. The van der Waals surface area contributed by atoms with Crippen LogP contribution in [0.25, 0.3) is 11.3 Å². The maximum atomic E-state index is 13.5. The Morgan fingerprint density at radius 2 is 1.47 bits per heavy atom. The van der Waals surface area contributed by atoms with Gasteiger partial charge in [-0.15, -0.1) is 23.1 Å². The average Bonchev–Trinajstić information content (AvgIpc) is 3.42. The number of benzene rings is 4. The molecule has 188 valence electrons. The van der Waals surface area contributed by atoms with E-state index in [2.05, 4.69) is 15.6 Å². The van der Waals surface area contributed by atoms with Gasteiger partial charge in [-0.25, -0.2) is 4.98 Å². The van der Waals surface area contributed by atoms with E-state index in [1.54, 1.807) is 0 Å². The third-order valence-corrected chi connectivity index (χ3v) is 7.73. The van der Waals surface area contributed by atoms with Crippen LogP contribution in [0.15, 0.2) is 126 Å². The molecule has 4 aromatic carbocycles. The summed E-state index contributed by atoms with van der Waals surface area (Å²) in [5.74, 6) is -0.248. The molecule has 1 heterocycles. The molecule has 5 rings (SSSR count). The van der Waals surface area contributed by atoms with Crippen molar-refractivity contribution in [2.75, 3.05) is 10.6 Å². The Labute approximate surface area is 230 Å². The van der Waals surface area contributed by atoms with E-state index in [9.17, 15) is 9.59 Å². The molecule has 0 aliphatic carbocycles. The minimum Gasteiger partial charge on any atom is -0.326 e. The Bertz CT molecular complexity index is 1510. The van der Waals surface area contributed by atoms with Crippen LogP contribution in [-0.2, 0) is 16.0 Å². The number of amides is 2. The van der Waals surface area contributed by atoms with Crippen LogP contribution in [0.3, 0.4) is 0 Å². The summed E-state index contributed by atoms with van der Waals surface area (Å²) in [6.07, 6.45) is 0.298. The van der Waals surface area contributed by atoms with E-state index in [0.717, 1.165) is 27.3 Å². The summed E-state index contributed by atoms with van der Waals surface area (Å²) in [5, 5.41) is 7.96. The van der Waals surface area contributed by atoms with Gasteiger partial charge in [-0.1, -0.05) is 97.1 Å². The van der Waals surface area contributed by atoms with Crippen LogP contribution in [0.2, 0.25) is 0 Å². The number of anilines is 2. The topological polar surface area (TPSA) is 71.1 Å². The summed E-state index contributed by atoms with van der Waals surface area (Å²) in [6.45, 7) is 0. The van der Waals surface area contributed by atoms with Gasteiger partial charge in [-0.2, -0.15) is 0 Å². The average molecular weight is 536 g/mol. The molecule has 1 aromatic heterocycles. The normalized spacial score (nSPS) is 11.5. The van der Waals surface area contributed by atoms with Gasteiger partial charge < -0.3 is 10.6 Å². The highest BCUT2D eigenvalue weighted by Gasteiger charge is 2.23. The molecule has 0 aliphatic rings. The number of carbonyl (C=O) groups is 2. The Hall–Kier alpha value is -4.20. The first-order valence-corrected chi connectivity index (χ1v) is 13.9. The van der Waals surface area contributed by atoms with E-state index in [1.807, 2.05) is 121 Å². The molecule has 0 spiro atoms. The zero-order valence-electron chi connectivity index (χ0n) is 20.4. The van der Waals surface area contributed by atoms with Crippen molar-refractivity contribution in [3.8, 4) is 11.3 Å². The Kier molecular flexibility index (Phi) is 8.28. The lowest BCUT2D eigenvalue weighted by Gasteiger charge is -2.17. The molecule has 1 atom stereocenters. The highest BCUT2D eigenvalue weighted by Crippen LogP contribution is 2.37. The van der Waals surface area contributed by atoms with Crippen LogP contribution in [0.1, 0.15) is 16.4 Å². The first-order chi connectivity index (χ1) is 18.6. The molecular formula is C31H25N3O2S2. The minimum absolute atomic E-state index is 0.0892. The van der Waals surface area contributed by atoms with Gasteiger partial charge in [0, 0.05) is 21.5 Å². The van der Waals surface area contributed by atoms with Gasteiger partial charge in [-0.05, 0) is 29.3 Å². The molecule has 0 fully saturated rings. The molecular weight excluding hydrogens is 510 g/mol. The summed E-state index contributed by atoms with van der Waals surface area (Å²) in [4.78, 5) is 31.5. The Morgan fingerprint density at radius 3 is 2.21 bits per heavy atom. The number of thioether (sulfide) groups is 1. The van der Waals surface area contributed by atoms with Gasteiger partial charge in [0.1, 0.15) is 5.25 Å². The first-order valence-electron chi connectivity index (χ1n) is 12.1. The predicted octanol–water partition coefficient (Wildman–Crippen LogP) is 7.46. The quantitative estimate of drug-likeness (QED) is 0.192. The minimum atomic E-state index is -0.504. The maximum Gasteiger partial charge on any atom is 0.244 e. The molecule has 2 N–H and O–H groups in total. The standard InChI is InChI=1S/C31H25N3O2S2/c35-28(19-22-11-4-1-5-12-22)32-25-17-10-18-26(20-25)38-29(24-15-8-3-9-16-24)30(36)34-31-33-27(21-37-31)23-13-6-2-7-14-23/h1-18,20-21,29H,19H2,(H,32,35)(H,33,34,36). The lowest BCUT2D eigenvalue weighted by Crippen LogP contribution is -2.19. The van der Waals surface area contributed by atoms with Crippen molar-refractivity contribution in [1.29, 1.82) is 0 Å². The molecule has 0 saturated carbocycles. The van der Waals surface area contributed by atoms with Crippen LogP contribution in [0.5, 0.6) is 0 Å². The van der Waals surface area contributed by atoms with Crippen LogP contribution >= 0.6 is 23.1 Å². The summed E-state index contributed by atoms with van der Waals surface area (Å²) >= 11 is 2.83. The third-order valence-electron chi connectivity index (χ3n) is 5.72. The zero-order valence-corrected chi connectivity index (χ0v) is 22.0. The van der Waals surface area contributed by atoms with Crippen molar-refractivity contribution in [3.63, 3.8) is 0 Å². The Morgan fingerprint density at radius 1 is 0.789 bits per heavy atom. The van der Waals surface area contributed by atoms with Crippen molar-refractivity contribution in [2.45, 2.75) is 16.6 Å². The molecule has 5 aromatic rings. The molecule has 38 heavy (non-hydrogen) atoms. The summed E-state index contributed by atoms with van der Waals surface area (Å²) in [7, 11) is 0. The molecule has 0 aliphatic heterocycles. The van der Waals surface area contributed by atoms with Gasteiger partial charge in [-0.3, -0.25) is 9.59 Å². The number of nitrogens with zero attached hydrogens (tertiary/aromatic N) is 1. The van der Waals surface area contributed by atoms with Crippen molar-refractivity contribution < 1.29 is 9.59 Å². The number of nitrogens with one attached hydrogen (secondary N) is 2. The van der Waals surface area contributed by atoms with E-state index in [0.29, 0.717) is 17.2 Å². The van der Waals surface area contributed by atoms with Crippen molar-refractivity contribution in [1.82, 2.24) is 4.98 Å². The number of carbonyl (C=O) groups excluding carboxylic acids is 2. The van der Waals surface area contributed by atoms with Gasteiger partial charge in [0.25, 0.3) is 0 Å². The molecule has 0 saturated heterocycles.